The Morgan fingerprint density at radius 2 is 1.62 bits per heavy atom. The number of carbonyl (C=O) groups excluding carboxylic acids is 3. The summed E-state index contributed by atoms with van der Waals surface area (Å²) in [7, 11) is 3.22. The monoisotopic (exact) mass is 750 g/mol. The van der Waals surface area contributed by atoms with Crippen molar-refractivity contribution in [2.45, 2.75) is 77.2 Å². The minimum atomic E-state index is -0.524. The minimum absolute atomic E-state index is 0.0105. The number of hydrogen-bond donors (Lipinski definition) is 1. The number of aromatic nitrogens is 2. The van der Waals surface area contributed by atoms with Crippen molar-refractivity contribution in [2.24, 2.45) is 0 Å². The number of fused-ring (bicyclic) bond motifs is 1. The Hall–Kier alpha value is -5.27. The van der Waals surface area contributed by atoms with Crippen LogP contribution in [0.4, 0.5) is 10.5 Å². The Morgan fingerprint density at radius 3 is 2.33 bits per heavy atom. The molecule has 13 nitrogen and oxygen atoms in total. The number of imide groups is 1. The highest BCUT2D eigenvalue weighted by Crippen LogP contribution is 2.34. The molecule has 55 heavy (non-hydrogen) atoms. The summed E-state index contributed by atoms with van der Waals surface area (Å²) in [5.74, 6) is 0.862. The number of amides is 4. The number of rotatable bonds is 12. The van der Waals surface area contributed by atoms with Gasteiger partial charge < -0.3 is 23.7 Å². The molecule has 4 amide bonds. The van der Waals surface area contributed by atoms with Crippen LogP contribution in [0.3, 0.4) is 0 Å². The number of pyridine rings is 2. The van der Waals surface area contributed by atoms with Crippen LogP contribution in [0.5, 0.6) is 11.5 Å². The molecule has 0 aliphatic carbocycles. The lowest BCUT2D eigenvalue weighted by molar-refractivity contribution is -0.120. The molecule has 0 radical (unpaired) electrons. The van der Waals surface area contributed by atoms with Crippen molar-refractivity contribution >= 4 is 34.3 Å². The Morgan fingerprint density at radius 1 is 0.873 bits per heavy atom. The lowest BCUT2D eigenvalue weighted by Crippen LogP contribution is -2.49. The molecule has 0 saturated carbocycles. The molecule has 5 heterocycles. The van der Waals surface area contributed by atoms with Crippen LogP contribution in [0.1, 0.15) is 67.8 Å². The number of unbranched alkanes of at least 4 members (excludes halogenated alkanes) is 1. The summed E-state index contributed by atoms with van der Waals surface area (Å²) in [6, 6.07) is 12.8. The fourth-order valence-corrected chi connectivity index (χ4v) is 7.93. The molecule has 3 aliphatic rings. The molecule has 290 valence electrons. The van der Waals surface area contributed by atoms with Crippen LogP contribution in [-0.4, -0.2) is 96.3 Å². The fraction of sp³-hybridized carbons (Fsp3) is 0.452. The maximum Gasteiger partial charge on any atom is 0.328 e. The van der Waals surface area contributed by atoms with Crippen molar-refractivity contribution in [1.29, 1.82) is 0 Å². The van der Waals surface area contributed by atoms with E-state index >= 15 is 0 Å². The SMILES string of the molecule is CCCCn1cc(-c2ccc(CN3CCC(OC4CCN(C(=O)c5ccc(OC)c(N6CCC(=O)NC6=O)c5)CC4)CC3)c(OC)c2)c2ccncc2c1=O. The van der Waals surface area contributed by atoms with Crippen LogP contribution < -0.4 is 25.2 Å². The first-order valence-electron chi connectivity index (χ1n) is 19.4. The van der Waals surface area contributed by atoms with Crippen LogP contribution in [0.25, 0.3) is 21.9 Å². The molecule has 3 saturated heterocycles. The molecular weight excluding hydrogens is 700 g/mol. The van der Waals surface area contributed by atoms with Crippen LogP contribution in [0, 0.1) is 0 Å². The normalized spacial score (nSPS) is 17.4. The van der Waals surface area contributed by atoms with Gasteiger partial charge in [-0.05, 0) is 73.4 Å². The van der Waals surface area contributed by atoms with Gasteiger partial charge in [-0.15, -0.1) is 0 Å². The second-order valence-corrected chi connectivity index (χ2v) is 14.6. The van der Waals surface area contributed by atoms with Crippen molar-refractivity contribution in [3.63, 3.8) is 0 Å². The summed E-state index contributed by atoms with van der Waals surface area (Å²) < 4.78 is 19.8. The van der Waals surface area contributed by atoms with Gasteiger partial charge in [0.15, 0.2) is 0 Å². The van der Waals surface area contributed by atoms with E-state index in [0.29, 0.717) is 42.0 Å². The van der Waals surface area contributed by atoms with Crippen molar-refractivity contribution < 1.29 is 28.6 Å². The zero-order valence-electron chi connectivity index (χ0n) is 31.9. The second-order valence-electron chi connectivity index (χ2n) is 14.6. The molecule has 2 aromatic heterocycles. The van der Waals surface area contributed by atoms with Gasteiger partial charge in [0.2, 0.25) is 5.91 Å². The number of nitrogens with one attached hydrogen (secondary N) is 1. The predicted octanol–water partition coefficient (Wildman–Crippen LogP) is 5.61. The summed E-state index contributed by atoms with van der Waals surface area (Å²) in [4.78, 5) is 60.9. The number of urea groups is 1. The molecule has 3 aliphatic heterocycles. The number of piperidine rings is 2. The van der Waals surface area contributed by atoms with Gasteiger partial charge in [0.1, 0.15) is 11.5 Å². The molecule has 0 atom stereocenters. The molecule has 0 spiro atoms. The topological polar surface area (TPSA) is 136 Å². The van der Waals surface area contributed by atoms with Crippen molar-refractivity contribution in [2.75, 3.05) is 51.8 Å². The van der Waals surface area contributed by atoms with Crippen LogP contribution in [-0.2, 0) is 22.6 Å². The van der Waals surface area contributed by atoms with Gasteiger partial charge >= 0.3 is 6.03 Å². The molecule has 0 unspecified atom stereocenters. The van der Waals surface area contributed by atoms with Crippen molar-refractivity contribution in [3.05, 3.63) is 82.5 Å². The smallest absolute Gasteiger partial charge is 0.328 e. The largest absolute Gasteiger partial charge is 0.496 e. The fourth-order valence-electron chi connectivity index (χ4n) is 7.93. The van der Waals surface area contributed by atoms with E-state index in [1.54, 1.807) is 37.7 Å². The van der Waals surface area contributed by atoms with E-state index < -0.39 is 6.03 Å². The quantitative estimate of drug-likeness (QED) is 0.196. The molecule has 13 heteroatoms. The summed E-state index contributed by atoms with van der Waals surface area (Å²) in [6.07, 6.45) is 11.1. The average Bonchev–Trinajstić information content (AvgIpc) is 3.21. The second kappa shape index (κ2) is 17.0. The Labute approximate surface area is 321 Å². The molecule has 0 bridgehead atoms. The standard InChI is InChI=1S/C42H50N6O7/c1-4-5-17-47-27-35(33-10-16-43-25-34(33)41(47)51)28-6-7-30(38(24-28)54-3)26-45-18-11-31(12-19-45)55-32-13-20-46(21-14-32)40(50)29-8-9-37(53-2)36(23-29)48-22-15-39(49)44-42(48)52/h6-10,16,23-25,27,31-32H,4-5,11-15,17-22,26H2,1-3H3,(H,44,49,52). The number of aryl methyl sites for hydroxylation is 1. The minimum Gasteiger partial charge on any atom is -0.496 e. The summed E-state index contributed by atoms with van der Waals surface area (Å²) in [5.41, 5.74) is 4.03. The van der Waals surface area contributed by atoms with E-state index in [-0.39, 0.29) is 42.5 Å². The van der Waals surface area contributed by atoms with E-state index in [0.717, 1.165) is 86.0 Å². The lowest BCUT2D eigenvalue weighted by Gasteiger charge is -2.37. The van der Waals surface area contributed by atoms with E-state index in [1.807, 2.05) is 21.7 Å². The first kappa shape index (κ1) is 38.0. The number of methoxy groups -OCH3 is 2. The van der Waals surface area contributed by atoms with E-state index in [4.69, 9.17) is 14.2 Å². The number of hydrogen-bond acceptors (Lipinski definition) is 9. The summed E-state index contributed by atoms with van der Waals surface area (Å²) in [6.45, 7) is 6.78. The molecular formula is C42H50N6O7. The lowest BCUT2D eigenvalue weighted by atomic mass is 9.99. The number of ether oxygens (including phenoxy) is 3. The number of likely N-dealkylation sites (tertiary alicyclic amines) is 2. The average molecular weight is 751 g/mol. The summed E-state index contributed by atoms with van der Waals surface area (Å²) >= 11 is 0. The highest BCUT2D eigenvalue weighted by atomic mass is 16.5. The van der Waals surface area contributed by atoms with Gasteiger partial charge in [-0.2, -0.15) is 0 Å². The molecule has 4 aromatic rings. The molecule has 7 rings (SSSR count). The number of nitrogens with zero attached hydrogens (tertiary/aromatic N) is 5. The number of carbonyl (C=O) groups is 3. The van der Waals surface area contributed by atoms with Gasteiger partial charge in [-0.3, -0.25) is 34.5 Å². The highest BCUT2D eigenvalue weighted by molar-refractivity contribution is 6.07. The number of anilines is 1. The zero-order valence-corrected chi connectivity index (χ0v) is 31.9. The third kappa shape index (κ3) is 8.37. The molecule has 2 aromatic carbocycles. The Bertz CT molecular complexity index is 2100. The Balaban J connectivity index is 0.922. The van der Waals surface area contributed by atoms with Gasteiger partial charge in [0.25, 0.3) is 11.5 Å². The van der Waals surface area contributed by atoms with Crippen molar-refractivity contribution in [1.82, 2.24) is 24.7 Å². The van der Waals surface area contributed by atoms with Gasteiger partial charge in [-0.1, -0.05) is 25.5 Å². The Kier molecular flexibility index (Phi) is 11.8. The zero-order chi connectivity index (χ0) is 38.5. The molecule has 1 N–H and O–H groups in total. The predicted molar refractivity (Wildman–Crippen MR) is 210 cm³/mol. The van der Waals surface area contributed by atoms with E-state index in [9.17, 15) is 19.2 Å². The maximum atomic E-state index is 13.5. The van der Waals surface area contributed by atoms with Gasteiger partial charge in [-0.25, -0.2) is 4.79 Å². The van der Waals surface area contributed by atoms with Gasteiger partial charge in [0.05, 0.1) is 37.5 Å². The first-order valence-corrected chi connectivity index (χ1v) is 19.4. The van der Waals surface area contributed by atoms with Crippen LogP contribution in [0.2, 0.25) is 0 Å². The highest BCUT2D eigenvalue weighted by Gasteiger charge is 2.31. The summed E-state index contributed by atoms with van der Waals surface area (Å²) in [5, 5.41) is 3.84. The third-order valence-corrected chi connectivity index (χ3v) is 11.1. The van der Waals surface area contributed by atoms with Gasteiger partial charge in [0, 0.05) is 87.5 Å². The maximum absolute atomic E-state index is 13.5. The third-order valence-electron chi connectivity index (χ3n) is 11.1. The van der Waals surface area contributed by atoms with Crippen LogP contribution >= 0.6 is 0 Å². The van der Waals surface area contributed by atoms with E-state index in [1.165, 1.54) is 12.0 Å². The van der Waals surface area contributed by atoms with Crippen molar-refractivity contribution in [3.8, 4) is 22.6 Å². The van der Waals surface area contributed by atoms with Crippen LogP contribution in [0.15, 0.2) is 65.8 Å². The van der Waals surface area contributed by atoms with E-state index in [2.05, 4.69) is 40.3 Å². The molecule has 3 fully saturated rings. The first-order chi connectivity index (χ1) is 26.8. The number of benzene rings is 2.